The Morgan fingerprint density at radius 2 is 1.44 bits per heavy atom. The van der Waals surface area contributed by atoms with Gasteiger partial charge in [-0.1, -0.05) is 72.8 Å². The monoisotopic (exact) mass is 874 g/mol. The molecule has 62 heavy (non-hydrogen) atoms. The van der Waals surface area contributed by atoms with Gasteiger partial charge >= 0.3 is 6.72 Å². The zero-order valence-electron chi connectivity index (χ0n) is 33.2. The predicted octanol–water partition coefficient (Wildman–Crippen LogP) is 7.98. The molecule has 0 saturated carbocycles. The summed E-state index contributed by atoms with van der Waals surface area (Å²) in [6.07, 6.45) is 0.314. The Morgan fingerprint density at radius 1 is 0.855 bits per heavy atom. The van der Waals surface area contributed by atoms with Crippen LogP contribution < -0.4 is 19.3 Å². The van der Waals surface area contributed by atoms with E-state index in [1.54, 1.807) is 43.1 Å². The minimum Gasteiger partial charge on any atom is -0.497 e. The van der Waals surface area contributed by atoms with E-state index in [0.717, 1.165) is 16.7 Å². The number of nitro groups is 1. The maximum atomic E-state index is 13.1. The molecule has 0 bridgehead atoms. The Hall–Kier alpha value is -6.59. The van der Waals surface area contributed by atoms with Crippen LogP contribution >= 0.6 is 6.72 Å². The molecule has 1 aliphatic rings. The molecule has 2 N–H and O–H groups in total. The molecule has 1 aliphatic heterocycles. The fourth-order valence-electron chi connectivity index (χ4n) is 7.29. The third kappa shape index (κ3) is 8.90. The van der Waals surface area contributed by atoms with Crippen LogP contribution in [0, 0.1) is 10.1 Å². The third-order valence-electron chi connectivity index (χ3n) is 10.3. The minimum absolute atomic E-state index is 0.0780. The normalized spacial score (nSPS) is 17.2. The number of benzene rings is 5. The lowest BCUT2D eigenvalue weighted by Crippen LogP contribution is -2.38. The zero-order chi connectivity index (χ0) is 43.3. The van der Waals surface area contributed by atoms with Crippen molar-refractivity contribution in [2.45, 2.75) is 30.5 Å². The van der Waals surface area contributed by atoms with Gasteiger partial charge in [0.25, 0.3) is 11.6 Å². The van der Waals surface area contributed by atoms with Crippen molar-refractivity contribution in [3.63, 3.8) is 0 Å². The molecular formula is C44H39N6O10PS. The fraction of sp³-hybridized carbons (Fsp3) is 0.182. The largest absolute Gasteiger partial charge is 0.497 e. The lowest BCUT2D eigenvalue weighted by Gasteiger charge is -2.37. The van der Waals surface area contributed by atoms with E-state index in [2.05, 4.69) is 20.3 Å². The van der Waals surface area contributed by atoms with E-state index in [9.17, 15) is 19.8 Å². The highest BCUT2D eigenvalue weighted by molar-refractivity contribution is 8.07. The quantitative estimate of drug-likeness (QED) is 0.0411. The average Bonchev–Trinajstić information content (AvgIpc) is 3.91. The second kappa shape index (κ2) is 18.2. The maximum Gasteiger partial charge on any atom is 0.378 e. The topological polar surface area (TPSA) is 191 Å². The van der Waals surface area contributed by atoms with Crippen LogP contribution in [-0.4, -0.2) is 68.3 Å². The second-order valence-corrected chi connectivity index (χ2v) is 16.7. The number of fused-ring (bicyclic) bond motifs is 1. The van der Waals surface area contributed by atoms with Crippen molar-refractivity contribution < 1.29 is 42.6 Å². The summed E-state index contributed by atoms with van der Waals surface area (Å²) >= 11 is 5.54. The number of carbonyl (C=O) groups is 1. The van der Waals surface area contributed by atoms with E-state index in [-0.39, 0.29) is 36.2 Å². The molecule has 18 heteroatoms. The summed E-state index contributed by atoms with van der Waals surface area (Å²) in [4.78, 5) is 48.7. The number of nitro benzene ring substituents is 1. The first-order valence-electron chi connectivity index (χ1n) is 19.2. The summed E-state index contributed by atoms with van der Waals surface area (Å²) in [6, 6.07) is 38.7. The van der Waals surface area contributed by atoms with Crippen molar-refractivity contribution in [3.8, 4) is 17.2 Å². The number of amides is 1. The molecule has 1 amide bonds. The van der Waals surface area contributed by atoms with Gasteiger partial charge < -0.3 is 33.7 Å². The number of aromatic nitrogens is 4. The maximum absolute atomic E-state index is 13.1. The van der Waals surface area contributed by atoms with E-state index >= 15 is 0 Å². The lowest BCUT2D eigenvalue weighted by molar-refractivity contribution is -0.384. The lowest BCUT2D eigenvalue weighted by atomic mass is 9.80. The van der Waals surface area contributed by atoms with Crippen LogP contribution in [0.5, 0.6) is 17.2 Å². The van der Waals surface area contributed by atoms with Crippen LogP contribution in [0.1, 0.15) is 39.7 Å². The number of hydrogen-bond acceptors (Lipinski definition) is 13. The van der Waals surface area contributed by atoms with Gasteiger partial charge in [0.1, 0.15) is 47.6 Å². The van der Waals surface area contributed by atoms with E-state index in [0.29, 0.717) is 28.2 Å². The van der Waals surface area contributed by atoms with Crippen LogP contribution in [0.25, 0.3) is 11.2 Å². The predicted molar refractivity (Wildman–Crippen MR) is 232 cm³/mol. The Labute approximate surface area is 360 Å². The number of hydrogen-bond donors (Lipinski definition) is 2. The molecule has 4 atom stereocenters. The number of imidazole rings is 1. The number of nitrogens with zero attached hydrogens (tertiary/aromatic N) is 5. The molecule has 5 aromatic carbocycles. The Balaban J connectivity index is 1.15. The molecule has 1 fully saturated rings. The molecule has 0 aliphatic carbocycles. The van der Waals surface area contributed by atoms with E-state index in [1.807, 2.05) is 84.9 Å². The summed E-state index contributed by atoms with van der Waals surface area (Å²) in [5, 5.41) is 14.1. The van der Waals surface area contributed by atoms with E-state index in [1.165, 1.54) is 36.9 Å². The highest BCUT2D eigenvalue weighted by atomic mass is 32.5. The van der Waals surface area contributed by atoms with Crippen LogP contribution in [0.2, 0.25) is 0 Å². The van der Waals surface area contributed by atoms with Gasteiger partial charge in [-0.2, -0.15) is 0 Å². The summed E-state index contributed by atoms with van der Waals surface area (Å²) in [5.41, 5.74) is 2.06. The molecule has 0 spiro atoms. The zero-order valence-corrected chi connectivity index (χ0v) is 34.9. The number of ether oxygens (including phenoxy) is 4. The Morgan fingerprint density at radius 3 is 2.03 bits per heavy atom. The number of methoxy groups -OCH3 is 2. The Bertz CT molecular complexity index is 2660. The number of anilines is 1. The number of rotatable bonds is 16. The highest BCUT2D eigenvalue weighted by Crippen LogP contribution is 2.50. The highest BCUT2D eigenvalue weighted by Gasteiger charge is 2.45. The van der Waals surface area contributed by atoms with Crippen molar-refractivity contribution >= 4 is 47.1 Å². The van der Waals surface area contributed by atoms with Crippen LogP contribution in [0.15, 0.2) is 146 Å². The smallest absolute Gasteiger partial charge is 0.378 e. The molecule has 2 aromatic heterocycles. The van der Waals surface area contributed by atoms with Gasteiger partial charge in [0.05, 0.1) is 32.1 Å². The molecule has 16 nitrogen and oxygen atoms in total. The third-order valence-corrected chi connectivity index (χ3v) is 11.8. The van der Waals surface area contributed by atoms with Crippen LogP contribution in [0.3, 0.4) is 0 Å². The van der Waals surface area contributed by atoms with Gasteiger partial charge in [-0.3, -0.25) is 24.0 Å². The second-order valence-electron chi connectivity index (χ2n) is 14.0. The van der Waals surface area contributed by atoms with Crippen molar-refractivity contribution in [3.05, 3.63) is 178 Å². The number of carbonyl (C=O) groups excluding carboxylic acids is 1. The van der Waals surface area contributed by atoms with E-state index in [4.69, 9.17) is 39.8 Å². The summed E-state index contributed by atoms with van der Waals surface area (Å²) in [7, 11) is 3.19. The van der Waals surface area contributed by atoms with Gasteiger partial charge in [0.15, 0.2) is 17.0 Å². The van der Waals surface area contributed by atoms with Gasteiger partial charge in [0, 0.05) is 35.9 Å². The first kappa shape index (κ1) is 42.1. The fourth-order valence-corrected chi connectivity index (χ4v) is 8.88. The molecule has 0 radical (unpaired) electrons. The summed E-state index contributed by atoms with van der Waals surface area (Å²) in [5.74, 6) is 1.21. The molecular weight excluding hydrogens is 836 g/mol. The van der Waals surface area contributed by atoms with Gasteiger partial charge in [-0.05, 0) is 65.2 Å². The van der Waals surface area contributed by atoms with Crippen LogP contribution in [-0.2, 0) is 31.4 Å². The molecule has 3 heterocycles. The molecule has 316 valence electrons. The standard InChI is InChI=1S/C44H39N6O10PS/c1-55-34-19-13-31(14-20-34)44(30-11-7-4-8-12-30,32-15-21-35(56-2)22-16-32)57-26-38-37(60-61(54,62)59-36-23-17-33(18-24-36)50(52)53)25-39(58-38)49-28-47-40-41(45-27-46-42(40)49)48-43(51)29-9-5-3-6-10-29/h3-24,27-28,37-39H,25-26H2,1-2H3,(H,54,62)(H,45,46,48,51)/t37-,38+,39+,61?/m0/s1. The molecule has 1 saturated heterocycles. The molecule has 7 aromatic rings. The Kier molecular flexibility index (Phi) is 12.3. The van der Waals surface area contributed by atoms with Crippen molar-refractivity contribution in [1.29, 1.82) is 0 Å². The van der Waals surface area contributed by atoms with Crippen molar-refractivity contribution in [2.75, 3.05) is 26.1 Å². The molecule has 8 rings (SSSR count). The first-order chi connectivity index (χ1) is 30.1. The molecule has 1 unspecified atom stereocenters. The van der Waals surface area contributed by atoms with E-state index < -0.39 is 35.7 Å². The first-order valence-corrected chi connectivity index (χ1v) is 21.8. The van der Waals surface area contributed by atoms with Gasteiger partial charge in [-0.25, -0.2) is 15.0 Å². The van der Waals surface area contributed by atoms with Crippen LogP contribution in [0.4, 0.5) is 11.5 Å². The average molecular weight is 875 g/mol. The minimum atomic E-state index is -4.10. The van der Waals surface area contributed by atoms with Crippen molar-refractivity contribution in [2.24, 2.45) is 0 Å². The number of nitrogens with one attached hydrogen (secondary N) is 1. The van der Waals surface area contributed by atoms with Crippen molar-refractivity contribution in [1.82, 2.24) is 19.5 Å². The number of non-ortho nitro benzene ring substituents is 1. The summed E-state index contributed by atoms with van der Waals surface area (Å²) in [6.45, 7) is -4.21. The summed E-state index contributed by atoms with van der Waals surface area (Å²) < 4.78 is 38.7. The SMILES string of the molecule is COc1ccc(C(OC[C@H]2O[C@@H](n3cnc4c(NC(=O)c5ccccc5)ncnc43)C[C@@H]2OP(O)(=S)Oc2ccc([N+](=O)[O-])cc2)(c2ccccc2)c2ccc(OC)cc2)cc1. The van der Waals surface area contributed by atoms with Gasteiger partial charge in [-0.15, -0.1) is 0 Å². The van der Waals surface area contributed by atoms with Gasteiger partial charge in [0.2, 0.25) is 0 Å².